The average Bonchev–Trinajstić information content (AvgIpc) is 2.05. The van der Waals surface area contributed by atoms with Crippen LogP contribution in [0.5, 0.6) is 5.75 Å². The average molecular weight is 151 g/mol. The van der Waals surface area contributed by atoms with E-state index in [1.165, 1.54) is 4.90 Å². The van der Waals surface area contributed by atoms with Crippen molar-refractivity contribution in [3.63, 3.8) is 0 Å². The van der Waals surface area contributed by atoms with Crippen molar-refractivity contribution in [2.45, 2.75) is 4.90 Å². The highest BCUT2D eigenvalue weighted by molar-refractivity contribution is 7.99. The smallest absolute Gasteiger partial charge is 0.146 e. The van der Waals surface area contributed by atoms with E-state index < -0.39 is 0 Å². The van der Waals surface area contributed by atoms with Gasteiger partial charge in [0, 0.05) is 10.6 Å². The van der Waals surface area contributed by atoms with Gasteiger partial charge in [-0.15, -0.1) is 11.8 Å². The Morgan fingerprint density at radius 3 is 3.10 bits per heavy atom. The molecule has 0 unspecified atom stereocenters. The summed E-state index contributed by atoms with van der Waals surface area (Å²) in [6, 6.07) is 8.07. The predicted octanol–water partition coefficient (Wildman–Crippen LogP) is 2.33. The molecule has 1 heterocycles. The number of thioether (sulfide) groups is 1. The molecule has 1 aromatic rings. The molecule has 10 heavy (non-hydrogen) atoms. The van der Waals surface area contributed by atoms with E-state index >= 15 is 0 Å². The zero-order chi connectivity index (χ0) is 6.81. The second kappa shape index (κ2) is 2.54. The van der Waals surface area contributed by atoms with Gasteiger partial charge in [0.15, 0.2) is 0 Å². The van der Waals surface area contributed by atoms with E-state index in [1.54, 1.807) is 0 Å². The summed E-state index contributed by atoms with van der Waals surface area (Å²) < 4.78 is 5.28. The Kier molecular flexibility index (Phi) is 1.55. The first-order valence-corrected chi connectivity index (χ1v) is 4.15. The molecule has 1 aromatic carbocycles. The second-order valence-corrected chi connectivity index (χ2v) is 3.10. The maximum Gasteiger partial charge on any atom is 0.146 e. The molecule has 1 aliphatic rings. The summed E-state index contributed by atoms with van der Waals surface area (Å²) in [7, 11) is 0. The Labute approximate surface area is 64.4 Å². The van der Waals surface area contributed by atoms with Crippen LogP contribution in [0, 0.1) is 6.61 Å². The quantitative estimate of drug-likeness (QED) is 0.562. The van der Waals surface area contributed by atoms with Crippen molar-refractivity contribution in [2.75, 3.05) is 5.75 Å². The fraction of sp³-hybridized carbons (Fsp3) is 0.125. The van der Waals surface area contributed by atoms with Gasteiger partial charge >= 0.3 is 0 Å². The lowest BCUT2D eigenvalue weighted by atomic mass is 10.3. The van der Waals surface area contributed by atoms with E-state index in [-0.39, 0.29) is 0 Å². The summed E-state index contributed by atoms with van der Waals surface area (Å²) in [6.07, 6.45) is 0. The molecule has 0 amide bonds. The normalized spacial score (nSPS) is 15.6. The van der Waals surface area contributed by atoms with Gasteiger partial charge in [0.1, 0.15) is 12.4 Å². The summed E-state index contributed by atoms with van der Waals surface area (Å²) >= 11 is 1.81. The first-order chi connectivity index (χ1) is 4.97. The number of hydrogen-bond acceptors (Lipinski definition) is 2. The van der Waals surface area contributed by atoms with Crippen LogP contribution in [-0.4, -0.2) is 5.75 Å². The van der Waals surface area contributed by atoms with Crippen LogP contribution in [0.25, 0.3) is 0 Å². The van der Waals surface area contributed by atoms with E-state index in [0.717, 1.165) is 11.5 Å². The van der Waals surface area contributed by atoms with Crippen LogP contribution in [0.1, 0.15) is 0 Å². The van der Waals surface area contributed by atoms with Crippen molar-refractivity contribution >= 4 is 11.8 Å². The molecular weight excluding hydrogens is 144 g/mol. The molecule has 1 radical (unpaired) electrons. The Bertz CT molecular complexity index is 209. The number of fused-ring (bicyclic) bond motifs is 1. The fourth-order valence-corrected chi connectivity index (χ4v) is 1.66. The standard InChI is InChI=1S/C8H7OS/c1-2-4-8-7(3-1)9-5-6-10-8/h1-5H,6H2. The van der Waals surface area contributed by atoms with Crippen molar-refractivity contribution < 1.29 is 4.74 Å². The number of benzene rings is 1. The van der Waals surface area contributed by atoms with Crippen molar-refractivity contribution in [3.8, 4) is 5.75 Å². The number of ether oxygens (including phenoxy) is 1. The van der Waals surface area contributed by atoms with Crippen LogP contribution in [0.15, 0.2) is 29.2 Å². The molecule has 0 N–H and O–H groups in total. The van der Waals surface area contributed by atoms with Gasteiger partial charge in [-0.25, -0.2) is 0 Å². The van der Waals surface area contributed by atoms with E-state index in [9.17, 15) is 0 Å². The Morgan fingerprint density at radius 2 is 2.20 bits per heavy atom. The molecule has 2 heteroatoms. The van der Waals surface area contributed by atoms with Crippen molar-refractivity contribution in [1.29, 1.82) is 0 Å². The van der Waals surface area contributed by atoms with Crippen molar-refractivity contribution in [2.24, 2.45) is 0 Å². The molecule has 0 bridgehead atoms. The maximum absolute atomic E-state index is 5.28. The third-order valence-corrected chi connectivity index (χ3v) is 2.32. The highest BCUT2D eigenvalue weighted by atomic mass is 32.2. The van der Waals surface area contributed by atoms with Gasteiger partial charge in [-0.3, -0.25) is 0 Å². The third-order valence-electron chi connectivity index (χ3n) is 1.37. The summed E-state index contributed by atoms with van der Waals surface area (Å²) in [5.74, 6) is 1.94. The molecule has 0 saturated heterocycles. The van der Waals surface area contributed by atoms with Gasteiger partial charge in [-0.1, -0.05) is 12.1 Å². The monoisotopic (exact) mass is 151 g/mol. The SMILES string of the molecule is [CH]1CSc2ccccc2O1. The molecule has 0 saturated carbocycles. The molecule has 0 spiro atoms. The zero-order valence-electron chi connectivity index (χ0n) is 5.41. The van der Waals surface area contributed by atoms with E-state index in [2.05, 4.69) is 6.07 Å². The van der Waals surface area contributed by atoms with Gasteiger partial charge in [0.2, 0.25) is 0 Å². The summed E-state index contributed by atoms with van der Waals surface area (Å²) in [4.78, 5) is 1.24. The van der Waals surface area contributed by atoms with Crippen molar-refractivity contribution in [1.82, 2.24) is 0 Å². The van der Waals surface area contributed by atoms with Crippen LogP contribution in [0.3, 0.4) is 0 Å². The predicted molar refractivity (Wildman–Crippen MR) is 42.1 cm³/mol. The van der Waals surface area contributed by atoms with E-state index in [0.29, 0.717) is 0 Å². The molecule has 0 aliphatic carbocycles. The highest BCUT2D eigenvalue weighted by Gasteiger charge is 2.08. The first-order valence-electron chi connectivity index (χ1n) is 3.17. The third kappa shape index (κ3) is 0.991. The maximum atomic E-state index is 5.28. The lowest BCUT2D eigenvalue weighted by Crippen LogP contribution is -1.99. The molecule has 0 fully saturated rings. The van der Waals surface area contributed by atoms with E-state index in [1.807, 2.05) is 36.6 Å². The summed E-state index contributed by atoms with van der Waals surface area (Å²) in [5, 5.41) is 0. The van der Waals surface area contributed by atoms with Crippen LogP contribution >= 0.6 is 11.8 Å². The topological polar surface area (TPSA) is 9.23 Å². The molecule has 2 rings (SSSR count). The summed E-state index contributed by atoms with van der Waals surface area (Å²) in [5.41, 5.74) is 0. The first kappa shape index (κ1) is 6.10. The van der Waals surface area contributed by atoms with Crippen LogP contribution in [-0.2, 0) is 0 Å². The van der Waals surface area contributed by atoms with Gasteiger partial charge in [0.25, 0.3) is 0 Å². The van der Waals surface area contributed by atoms with Crippen LogP contribution < -0.4 is 4.74 Å². The Hall–Kier alpha value is -0.630. The summed E-state index contributed by atoms with van der Waals surface area (Å²) in [6.45, 7) is 1.83. The zero-order valence-corrected chi connectivity index (χ0v) is 6.23. The van der Waals surface area contributed by atoms with Crippen molar-refractivity contribution in [3.05, 3.63) is 30.9 Å². The molecule has 0 aromatic heterocycles. The van der Waals surface area contributed by atoms with Gasteiger partial charge in [-0.05, 0) is 12.1 Å². The number of hydrogen-bond donors (Lipinski definition) is 0. The fourth-order valence-electron chi connectivity index (χ4n) is 0.914. The second-order valence-electron chi connectivity index (χ2n) is 2.04. The minimum Gasteiger partial charge on any atom is -0.484 e. The number of rotatable bonds is 0. The van der Waals surface area contributed by atoms with Crippen LogP contribution in [0.2, 0.25) is 0 Å². The largest absolute Gasteiger partial charge is 0.484 e. The van der Waals surface area contributed by atoms with E-state index in [4.69, 9.17) is 4.74 Å². The molecule has 1 nitrogen and oxygen atoms in total. The van der Waals surface area contributed by atoms with Crippen LogP contribution in [0.4, 0.5) is 0 Å². The minimum atomic E-state index is 0.955. The van der Waals surface area contributed by atoms with Gasteiger partial charge < -0.3 is 4.74 Å². The number of para-hydroxylation sites is 1. The molecule has 51 valence electrons. The molecule has 1 aliphatic heterocycles. The van der Waals surface area contributed by atoms with Gasteiger partial charge in [-0.2, -0.15) is 0 Å². The Balaban J connectivity index is 2.41. The lowest BCUT2D eigenvalue weighted by molar-refractivity contribution is 0.403. The molecule has 0 atom stereocenters. The Morgan fingerprint density at radius 1 is 1.30 bits per heavy atom. The highest BCUT2D eigenvalue weighted by Crippen LogP contribution is 2.33. The molecular formula is C8H7OS. The lowest BCUT2D eigenvalue weighted by Gasteiger charge is -2.14. The minimum absolute atomic E-state index is 0.955. The van der Waals surface area contributed by atoms with Gasteiger partial charge in [0.05, 0.1) is 0 Å².